The molecular weight excluding hydrogens is 200 g/mol. The quantitative estimate of drug-likeness (QED) is 0.838. The third-order valence-corrected chi connectivity index (χ3v) is 2.18. The van der Waals surface area contributed by atoms with Crippen molar-refractivity contribution in [3.63, 3.8) is 0 Å². The van der Waals surface area contributed by atoms with Crippen LogP contribution in [0.2, 0.25) is 0 Å². The van der Waals surface area contributed by atoms with Crippen LogP contribution in [-0.2, 0) is 6.42 Å². The molecule has 1 aromatic heterocycles. The number of rotatable bonds is 4. The van der Waals surface area contributed by atoms with Crippen molar-refractivity contribution in [3.05, 3.63) is 18.0 Å². The summed E-state index contributed by atoms with van der Waals surface area (Å²) in [5.41, 5.74) is 6.81. The molecule has 2 N–H and O–H groups in total. The number of aromatic nitrogens is 2. The van der Waals surface area contributed by atoms with Crippen LogP contribution in [0.25, 0.3) is 0 Å². The Kier molecular flexibility index (Phi) is 4.24. The summed E-state index contributed by atoms with van der Waals surface area (Å²) in [7, 11) is 2.02. The molecule has 0 spiro atoms. The Balaban J connectivity index is 2.66. The number of hydrogen-bond donors (Lipinski definition) is 1. The highest BCUT2D eigenvalue weighted by Gasteiger charge is 2.15. The maximum absolute atomic E-state index is 5.48. The van der Waals surface area contributed by atoms with Crippen molar-refractivity contribution in [2.24, 2.45) is 11.1 Å². The van der Waals surface area contributed by atoms with E-state index in [0.717, 1.165) is 24.5 Å². The van der Waals surface area contributed by atoms with E-state index in [4.69, 9.17) is 5.73 Å². The van der Waals surface area contributed by atoms with Gasteiger partial charge in [0.1, 0.15) is 0 Å². The first-order valence-electron chi connectivity index (χ1n) is 5.64. The smallest absolute Gasteiger partial charge is 0.225 e. The molecular formula is C12H22N4. The molecule has 16 heavy (non-hydrogen) atoms. The van der Waals surface area contributed by atoms with Crippen LogP contribution in [0.4, 0.5) is 5.95 Å². The lowest BCUT2D eigenvalue weighted by molar-refractivity contribution is 0.416. The predicted molar refractivity (Wildman–Crippen MR) is 67.5 cm³/mol. The topological polar surface area (TPSA) is 55.0 Å². The molecule has 1 aromatic rings. The molecule has 0 amide bonds. The lowest BCUT2D eigenvalue weighted by Gasteiger charge is -2.26. The van der Waals surface area contributed by atoms with E-state index in [2.05, 4.69) is 35.6 Å². The Morgan fingerprint density at radius 1 is 1.25 bits per heavy atom. The minimum Gasteiger partial charge on any atom is -0.343 e. The molecule has 4 nitrogen and oxygen atoms in total. The van der Waals surface area contributed by atoms with Gasteiger partial charge in [0, 0.05) is 26.0 Å². The number of anilines is 1. The van der Waals surface area contributed by atoms with Gasteiger partial charge in [0.2, 0.25) is 5.95 Å². The Bertz CT molecular complexity index is 313. The molecule has 0 fully saturated rings. The second-order valence-corrected chi connectivity index (χ2v) is 5.35. The van der Waals surface area contributed by atoms with Crippen LogP contribution in [0.3, 0.4) is 0 Å². The van der Waals surface area contributed by atoms with Crippen molar-refractivity contribution in [2.75, 3.05) is 25.0 Å². The summed E-state index contributed by atoms with van der Waals surface area (Å²) in [6, 6.07) is 0. The van der Waals surface area contributed by atoms with Gasteiger partial charge in [-0.3, -0.25) is 0 Å². The number of nitrogens with two attached hydrogens (primary N) is 1. The summed E-state index contributed by atoms with van der Waals surface area (Å²) < 4.78 is 0. The monoisotopic (exact) mass is 222 g/mol. The average Bonchev–Trinajstić information content (AvgIpc) is 2.16. The van der Waals surface area contributed by atoms with Crippen molar-refractivity contribution < 1.29 is 0 Å². The van der Waals surface area contributed by atoms with E-state index in [9.17, 15) is 0 Å². The van der Waals surface area contributed by atoms with Gasteiger partial charge in [0.05, 0.1) is 0 Å². The standard InChI is InChI=1S/C12H22N4/c1-12(2,3)9-16(4)11-14-7-10(5-6-13)8-15-11/h7-8H,5-6,9,13H2,1-4H3. The maximum Gasteiger partial charge on any atom is 0.225 e. The zero-order valence-electron chi connectivity index (χ0n) is 10.7. The highest BCUT2D eigenvalue weighted by Crippen LogP contribution is 2.17. The molecule has 1 rings (SSSR count). The van der Waals surface area contributed by atoms with Gasteiger partial charge in [0.15, 0.2) is 0 Å². The van der Waals surface area contributed by atoms with E-state index in [1.165, 1.54) is 0 Å². The summed E-state index contributed by atoms with van der Waals surface area (Å²) in [6.45, 7) is 8.18. The molecule has 1 heterocycles. The largest absolute Gasteiger partial charge is 0.343 e. The Hall–Kier alpha value is -1.16. The average molecular weight is 222 g/mol. The lowest BCUT2D eigenvalue weighted by atomic mass is 9.96. The SMILES string of the molecule is CN(CC(C)(C)C)c1ncc(CCN)cn1. The minimum absolute atomic E-state index is 0.244. The van der Waals surface area contributed by atoms with Crippen molar-refractivity contribution in [1.82, 2.24) is 9.97 Å². The lowest BCUT2D eigenvalue weighted by Crippen LogP contribution is -2.30. The van der Waals surface area contributed by atoms with Gasteiger partial charge in [0.25, 0.3) is 0 Å². The highest BCUT2D eigenvalue weighted by molar-refractivity contribution is 5.28. The van der Waals surface area contributed by atoms with E-state index < -0.39 is 0 Å². The summed E-state index contributed by atoms with van der Waals surface area (Å²) in [6.07, 6.45) is 4.55. The summed E-state index contributed by atoms with van der Waals surface area (Å²) in [5, 5.41) is 0. The molecule has 90 valence electrons. The second kappa shape index (κ2) is 5.25. The van der Waals surface area contributed by atoms with E-state index in [-0.39, 0.29) is 5.41 Å². The summed E-state index contributed by atoms with van der Waals surface area (Å²) in [4.78, 5) is 10.8. The van der Waals surface area contributed by atoms with Crippen LogP contribution in [0, 0.1) is 5.41 Å². The normalized spacial score (nSPS) is 11.6. The number of nitrogens with zero attached hydrogens (tertiary/aromatic N) is 3. The fourth-order valence-electron chi connectivity index (χ4n) is 1.62. The minimum atomic E-state index is 0.244. The Labute approximate surface area is 97.9 Å². The van der Waals surface area contributed by atoms with E-state index in [1.54, 1.807) is 0 Å². The van der Waals surface area contributed by atoms with Gasteiger partial charge in [-0.15, -0.1) is 0 Å². The van der Waals surface area contributed by atoms with Gasteiger partial charge in [-0.1, -0.05) is 20.8 Å². The third-order valence-electron chi connectivity index (χ3n) is 2.18. The molecule has 4 heteroatoms. The van der Waals surface area contributed by atoms with Crippen molar-refractivity contribution in [3.8, 4) is 0 Å². The van der Waals surface area contributed by atoms with Crippen LogP contribution in [0.1, 0.15) is 26.3 Å². The van der Waals surface area contributed by atoms with Crippen LogP contribution in [0.5, 0.6) is 0 Å². The molecule has 0 saturated carbocycles. The Morgan fingerprint density at radius 3 is 2.25 bits per heavy atom. The van der Waals surface area contributed by atoms with Crippen LogP contribution in [0.15, 0.2) is 12.4 Å². The van der Waals surface area contributed by atoms with Gasteiger partial charge < -0.3 is 10.6 Å². The first kappa shape index (κ1) is 12.9. The summed E-state index contributed by atoms with van der Waals surface area (Å²) >= 11 is 0. The molecule has 0 aliphatic carbocycles. The fourth-order valence-corrected chi connectivity index (χ4v) is 1.62. The van der Waals surface area contributed by atoms with E-state index >= 15 is 0 Å². The zero-order valence-corrected chi connectivity index (χ0v) is 10.7. The van der Waals surface area contributed by atoms with E-state index in [1.807, 2.05) is 19.4 Å². The van der Waals surface area contributed by atoms with Gasteiger partial charge in [-0.25, -0.2) is 9.97 Å². The fraction of sp³-hybridized carbons (Fsp3) is 0.667. The maximum atomic E-state index is 5.48. The molecule has 0 unspecified atom stereocenters. The molecule has 0 bridgehead atoms. The second-order valence-electron chi connectivity index (χ2n) is 5.35. The van der Waals surface area contributed by atoms with Crippen LogP contribution < -0.4 is 10.6 Å². The van der Waals surface area contributed by atoms with Crippen molar-refractivity contribution in [1.29, 1.82) is 0 Å². The first-order valence-corrected chi connectivity index (χ1v) is 5.64. The van der Waals surface area contributed by atoms with Gasteiger partial charge in [-0.2, -0.15) is 0 Å². The molecule has 0 atom stereocenters. The molecule has 0 aliphatic rings. The van der Waals surface area contributed by atoms with Gasteiger partial charge in [-0.05, 0) is 23.9 Å². The Morgan fingerprint density at radius 2 is 1.81 bits per heavy atom. The number of hydrogen-bond acceptors (Lipinski definition) is 4. The predicted octanol–water partition coefficient (Wildman–Crippen LogP) is 1.46. The van der Waals surface area contributed by atoms with E-state index in [0.29, 0.717) is 6.54 Å². The molecule has 0 aliphatic heterocycles. The third kappa shape index (κ3) is 4.14. The zero-order chi connectivity index (χ0) is 12.2. The molecule has 0 aromatic carbocycles. The first-order chi connectivity index (χ1) is 7.42. The van der Waals surface area contributed by atoms with Crippen LogP contribution >= 0.6 is 0 Å². The molecule has 0 saturated heterocycles. The van der Waals surface area contributed by atoms with Crippen LogP contribution in [-0.4, -0.2) is 30.1 Å². The molecule has 0 radical (unpaired) electrons. The van der Waals surface area contributed by atoms with Crippen molar-refractivity contribution in [2.45, 2.75) is 27.2 Å². The van der Waals surface area contributed by atoms with Crippen molar-refractivity contribution >= 4 is 5.95 Å². The van der Waals surface area contributed by atoms with Gasteiger partial charge >= 0.3 is 0 Å². The summed E-state index contributed by atoms with van der Waals surface area (Å²) in [5.74, 6) is 0.774. The highest BCUT2D eigenvalue weighted by atomic mass is 15.2.